The SMILES string of the molecule is CS(=O)(=O)c1cccc(-c2nc(-c3ccc(S(=O)(=O)Nc4ccc(CCNCC(O)c5cccnc5)cc4)cc3)no2)c1. The molecule has 2 aromatic heterocycles. The summed E-state index contributed by atoms with van der Waals surface area (Å²) in [6.45, 7) is 1.04. The van der Waals surface area contributed by atoms with Gasteiger partial charge >= 0.3 is 0 Å². The number of benzene rings is 3. The van der Waals surface area contributed by atoms with E-state index >= 15 is 0 Å². The molecule has 0 bridgehead atoms. The molecule has 0 aliphatic rings. The number of hydrogen-bond donors (Lipinski definition) is 3. The molecule has 0 spiro atoms. The summed E-state index contributed by atoms with van der Waals surface area (Å²) in [5.74, 6) is 0.369. The quantitative estimate of drug-likeness (QED) is 0.175. The monoisotopic (exact) mass is 619 g/mol. The molecule has 5 aromatic rings. The Kier molecular flexibility index (Phi) is 8.97. The number of sulfonamides is 1. The van der Waals surface area contributed by atoms with E-state index in [0.29, 0.717) is 36.3 Å². The topological polar surface area (TPSA) is 164 Å². The second-order valence-corrected chi connectivity index (χ2v) is 13.5. The van der Waals surface area contributed by atoms with Gasteiger partial charge in [0.2, 0.25) is 5.82 Å². The van der Waals surface area contributed by atoms with Crippen molar-refractivity contribution in [2.45, 2.75) is 22.3 Å². The average Bonchev–Trinajstić information content (AvgIpc) is 3.51. The Morgan fingerprint density at radius 3 is 2.35 bits per heavy atom. The molecule has 0 fully saturated rings. The molecule has 11 nitrogen and oxygen atoms in total. The minimum atomic E-state index is -3.85. The summed E-state index contributed by atoms with van der Waals surface area (Å²) in [6.07, 6.45) is 4.47. The zero-order valence-corrected chi connectivity index (χ0v) is 24.7. The third-order valence-corrected chi connectivity index (χ3v) is 9.07. The van der Waals surface area contributed by atoms with Gasteiger partial charge in [-0.15, -0.1) is 0 Å². The molecule has 5 rings (SSSR count). The number of sulfone groups is 1. The van der Waals surface area contributed by atoms with Crippen molar-refractivity contribution in [1.29, 1.82) is 0 Å². The molecule has 3 N–H and O–H groups in total. The van der Waals surface area contributed by atoms with Crippen molar-refractivity contribution in [2.75, 3.05) is 24.1 Å². The van der Waals surface area contributed by atoms with Crippen LogP contribution in [-0.4, -0.2) is 56.4 Å². The molecule has 3 aromatic carbocycles. The van der Waals surface area contributed by atoms with Crippen molar-refractivity contribution in [3.8, 4) is 22.8 Å². The largest absolute Gasteiger partial charge is 0.387 e. The first-order valence-electron chi connectivity index (χ1n) is 13.2. The van der Waals surface area contributed by atoms with Gasteiger partial charge in [0.05, 0.1) is 15.9 Å². The first-order chi connectivity index (χ1) is 20.6. The Labute approximate surface area is 249 Å². The van der Waals surface area contributed by atoms with E-state index in [2.05, 4.69) is 25.2 Å². The lowest BCUT2D eigenvalue weighted by atomic mass is 10.1. The van der Waals surface area contributed by atoms with Crippen molar-refractivity contribution in [2.24, 2.45) is 0 Å². The maximum absolute atomic E-state index is 13.0. The lowest BCUT2D eigenvalue weighted by Gasteiger charge is -2.12. The van der Waals surface area contributed by atoms with Gasteiger partial charge in [-0.05, 0) is 79.2 Å². The fraction of sp³-hybridized carbons (Fsp3) is 0.167. The first-order valence-corrected chi connectivity index (χ1v) is 16.6. The van der Waals surface area contributed by atoms with Gasteiger partial charge in [-0.2, -0.15) is 4.98 Å². The van der Waals surface area contributed by atoms with E-state index in [1.165, 1.54) is 24.3 Å². The van der Waals surface area contributed by atoms with E-state index in [1.807, 2.05) is 18.2 Å². The standard InChI is InChI=1S/C30H29N5O6S2/c1-42(37,38)27-6-2-4-23(18-27)30-33-29(34-41-30)22-9-13-26(14-10-22)43(39,40)35-25-11-7-21(8-12-25)15-17-32-20-28(36)24-5-3-16-31-19-24/h2-14,16,18-19,28,32,35-36H,15,17,20H2,1H3. The van der Waals surface area contributed by atoms with Crippen LogP contribution in [0.25, 0.3) is 22.8 Å². The minimum absolute atomic E-state index is 0.0567. The Balaban J connectivity index is 1.16. The summed E-state index contributed by atoms with van der Waals surface area (Å²) >= 11 is 0. The molecule has 1 atom stereocenters. The number of nitrogens with one attached hydrogen (secondary N) is 2. The molecule has 0 saturated heterocycles. The van der Waals surface area contributed by atoms with Gasteiger partial charge in [-0.25, -0.2) is 16.8 Å². The number of nitrogens with zero attached hydrogens (tertiary/aromatic N) is 3. The van der Waals surface area contributed by atoms with Crippen LogP contribution in [-0.2, 0) is 26.3 Å². The molecule has 1 unspecified atom stereocenters. The van der Waals surface area contributed by atoms with Crippen LogP contribution < -0.4 is 10.0 Å². The number of aromatic nitrogens is 3. The van der Waals surface area contributed by atoms with Crippen molar-refractivity contribution in [1.82, 2.24) is 20.4 Å². The molecule has 0 aliphatic heterocycles. The molecule has 0 aliphatic carbocycles. The van der Waals surface area contributed by atoms with E-state index in [4.69, 9.17) is 4.52 Å². The van der Waals surface area contributed by atoms with Crippen LogP contribution in [0.1, 0.15) is 17.2 Å². The van der Waals surface area contributed by atoms with Crippen LogP contribution in [0.15, 0.2) is 112 Å². The third-order valence-electron chi connectivity index (χ3n) is 6.56. The van der Waals surface area contributed by atoms with Crippen molar-refractivity contribution >= 4 is 25.5 Å². The molecular weight excluding hydrogens is 590 g/mol. The highest BCUT2D eigenvalue weighted by molar-refractivity contribution is 7.92. The third kappa shape index (κ3) is 7.70. The van der Waals surface area contributed by atoms with Gasteiger partial charge in [-0.3, -0.25) is 9.71 Å². The van der Waals surface area contributed by atoms with Gasteiger partial charge in [0, 0.05) is 47.6 Å². The molecule has 222 valence electrons. The fourth-order valence-corrected chi connectivity index (χ4v) is 5.94. The summed E-state index contributed by atoms with van der Waals surface area (Å²) in [6, 6.07) is 22.9. The van der Waals surface area contributed by atoms with Crippen molar-refractivity contribution in [3.63, 3.8) is 0 Å². The van der Waals surface area contributed by atoms with E-state index in [9.17, 15) is 21.9 Å². The average molecular weight is 620 g/mol. The first kappa shape index (κ1) is 30.0. The maximum atomic E-state index is 13.0. The number of hydrogen-bond acceptors (Lipinski definition) is 10. The Morgan fingerprint density at radius 2 is 1.65 bits per heavy atom. The lowest BCUT2D eigenvalue weighted by Crippen LogP contribution is -2.23. The van der Waals surface area contributed by atoms with Gasteiger partial charge in [0.15, 0.2) is 9.84 Å². The van der Waals surface area contributed by atoms with Crippen LogP contribution in [0, 0.1) is 0 Å². The molecule has 2 heterocycles. The molecular formula is C30H29N5O6S2. The number of aliphatic hydroxyl groups is 1. The highest BCUT2D eigenvalue weighted by Gasteiger charge is 2.17. The van der Waals surface area contributed by atoms with Crippen LogP contribution in [0.2, 0.25) is 0 Å². The number of anilines is 1. The summed E-state index contributed by atoms with van der Waals surface area (Å²) in [5, 5.41) is 17.4. The van der Waals surface area contributed by atoms with Crippen LogP contribution in [0.5, 0.6) is 0 Å². The van der Waals surface area contributed by atoms with Gasteiger partial charge in [0.1, 0.15) is 0 Å². The number of rotatable bonds is 12. The van der Waals surface area contributed by atoms with Gasteiger partial charge < -0.3 is 14.9 Å². The van der Waals surface area contributed by atoms with Gasteiger partial charge in [-0.1, -0.05) is 29.4 Å². The normalized spacial score (nSPS) is 12.6. The van der Waals surface area contributed by atoms with Crippen molar-refractivity contribution < 1.29 is 26.5 Å². The fourth-order valence-electron chi connectivity index (χ4n) is 4.22. The Bertz CT molecular complexity index is 1900. The number of aliphatic hydroxyl groups excluding tert-OH is 1. The van der Waals surface area contributed by atoms with E-state index in [0.717, 1.165) is 17.4 Å². The van der Waals surface area contributed by atoms with E-state index < -0.39 is 26.0 Å². The molecule has 0 saturated carbocycles. The predicted octanol–water partition coefficient (Wildman–Crippen LogP) is 3.87. The predicted molar refractivity (Wildman–Crippen MR) is 161 cm³/mol. The second-order valence-electron chi connectivity index (χ2n) is 9.81. The zero-order valence-electron chi connectivity index (χ0n) is 23.1. The van der Waals surface area contributed by atoms with Crippen LogP contribution in [0.3, 0.4) is 0 Å². The maximum Gasteiger partial charge on any atom is 0.261 e. The molecule has 13 heteroatoms. The van der Waals surface area contributed by atoms with E-state index in [-0.39, 0.29) is 21.5 Å². The summed E-state index contributed by atoms with van der Waals surface area (Å²) in [4.78, 5) is 8.53. The smallest absolute Gasteiger partial charge is 0.261 e. The summed E-state index contributed by atoms with van der Waals surface area (Å²) < 4.78 is 57.6. The van der Waals surface area contributed by atoms with E-state index in [1.54, 1.807) is 54.9 Å². The highest BCUT2D eigenvalue weighted by Crippen LogP contribution is 2.26. The Morgan fingerprint density at radius 1 is 0.884 bits per heavy atom. The second kappa shape index (κ2) is 12.8. The Hall–Kier alpha value is -4.43. The molecule has 0 radical (unpaired) electrons. The van der Waals surface area contributed by atoms with Crippen LogP contribution in [0.4, 0.5) is 5.69 Å². The minimum Gasteiger partial charge on any atom is -0.387 e. The number of pyridine rings is 1. The lowest BCUT2D eigenvalue weighted by molar-refractivity contribution is 0.174. The molecule has 0 amide bonds. The van der Waals surface area contributed by atoms with Crippen LogP contribution >= 0.6 is 0 Å². The zero-order chi connectivity index (χ0) is 30.5. The summed E-state index contributed by atoms with van der Waals surface area (Å²) in [5.41, 5.74) is 3.16. The van der Waals surface area contributed by atoms with Gasteiger partial charge in [0.25, 0.3) is 15.9 Å². The molecule has 43 heavy (non-hydrogen) atoms. The highest BCUT2D eigenvalue weighted by atomic mass is 32.2. The van der Waals surface area contributed by atoms with Crippen molar-refractivity contribution in [3.05, 3.63) is 108 Å². The summed E-state index contributed by atoms with van der Waals surface area (Å²) in [7, 11) is -7.26.